The molecule has 1 aromatic heterocycles. The van der Waals surface area contributed by atoms with Crippen LogP contribution >= 0.6 is 11.6 Å². The van der Waals surface area contributed by atoms with Gasteiger partial charge < -0.3 is 19.8 Å². The first-order chi connectivity index (χ1) is 13.6. The summed E-state index contributed by atoms with van der Waals surface area (Å²) >= 11 is 6.28. The molecule has 2 N–H and O–H groups in total. The summed E-state index contributed by atoms with van der Waals surface area (Å²) in [6.07, 6.45) is 1.26. The van der Waals surface area contributed by atoms with Crippen LogP contribution in [0.15, 0.2) is 12.3 Å². The van der Waals surface area contributed by atoms with E-state index >= 15 is 0 Å². The zero-order valence-electron chi connectivity index (χ0n) is 15.9. The molecule has 0 radical (unpaired) electrons. The number of nitrogens with zero attached hydrogens (tertiary/aromatic N) is 4. The van der Waals surface area contributed by atoms with Gasteiger partial charge in [0.2, 0.25) is 0 Å². The van der Waals surface area contributed by atoms with Gasteiger partial charge in [-0.05, 0) is 6.07 Å². The number of ether oxygens (including phenoxy) is 1. The maximum Gasteiger partial charge on any atom is 0.337 e. The van der Waals surface area contributed by atoms with Gasteiger partial charge in [0.1, 0.15) is 5.82 Å². The molecule has 3 heterocycles. The molecule has 0 unspecified atom stereocenters. The Bertz CT molecular complexity index is 852. The monoisotopic (exact) mass is 450 g/mol. The van der Waals surface area contributed by atoms with Gasteiger partial charge in [0.15, 0.2) is 0 Å². The molecule has 162 valence electrons. The second-order valence-corrected chi connectivity index (χ2v) is 9.31. The third-order valence-electron chi connectivity index (χ3n) is 4.56. The van der Waals surface area contributed by atoms with Crippen molar-refractivity contribution in [2.24, 2.45) is 5.92 Å². The van der Waals surface area contributed by atoms with Crippen molar-refractivity contribution in [1.82, 2.24) is 13.6 Å². The predicted molar refractivity (Wildman–Crippen MR) is 105 cm³/mol. The topological polar surface area (TPSA) is 141 Å². The third kappa shape index (κ3) is 5.34. The molecule has 2 bridgehead atoms. The van der Waals surface area contributed by atoms with E-state index in [1.165, 1.54) is 35.0 Å². The van der Waals surface area contributed by atoms with E-state index in [0.29, 0.717) is 32.1 Å². The molecule has 0 amide bonds. The Morgan fingerprint density at radius 3 is 2.55 bits per heavy atom. The van der Waals surface area contributed by atoms with Crippen LogP contribution in [-0.4, -0.2) is 97.7 Å². The van der Waals surface area contributed by atoms with Gasteiger partial charge >= 0.3 is 5.97 Å². The van der Waals surface area contributed by atoms with Gasteiger partial charge in [-0.2, -0.15) is 17.0 Å². The summed E-state index contributed by atoms with van der Waals surface area (Å²) in [5.41, 5.74) is 0.00426. The van der Waals surface area contributed by atoms with Crippen LogP contribution in [-0.2, 0) is 19.7 Å². The lowest BCUT2D eigenvalue weighted by atomic mass is 10.1. The lowest BCUT2D eigenvalue weighted by molar-refractivity contribution is -0.122. The second-order valence-electron chi connectivity index (χ2n) is 6.76. The molecular formula is C16H23ClN4O7S. The number of fused-ring (bicyclic) bond motifs is 3. The average Bonchev–Trinajstić information content (AvgIpc) is 2.93. The molecule has 13 heteroatoms. The summed E-state index contributed by atoms with van der Waals surface area (Å²) in [4.78, 5) is 25.6. The maximum absolute atomic E-state index is 12.6. The van der Waals surface area contributed by atoms with E-state index in [-0.39, 0.29) is 35.6 Å². The molecule has 0 spiro atoms. The fourth-order valence-corrected chi connectivity index (χ4v) is 4.73. The zero-order chi connectivity index (χ0) is 21.8. The Morgan fingerprint density at radius 2 is 2.00 bits per heavy atom. The summed E-state index contributed by atoms with van der Waals surface area (Å²) < 4.78 is 33.5. The zero-order valence-corrected chi connectivity index (χ0v) is 17.5. The van der Waals surface area contributed by atoms with Gasteiger partial charge in [-0.3, -0.25) is 4.79 Å². The number of pyridine rings is 1. The molecule has 3 rings (SSSR count). The molecule has 0 aliphatic carbocycles. The molecule has 0 saturated carbocycles. The van der Waals surface area contributed by atoms with E-state index in [1.54, 1.807) is 0 Å². The van der Waals surface area contributed by atoms with E-state index in [2.05, 4.69) is 4.98 Å². The molecule has 11 nitrogen and oxygen atoms in total. The number of aromatic nitrogens is 1. The van der Waals surface area contributed by atoms with Crippen molar-refractivity contribution in [2.45, 2.75) is 6.04 Å². The van der Waals surface area contributed by atoms with Crippen LogP contribution in [0, 0.1) is 5.92 Å². The standard InChI is InChI=1S/C15H21ClN4O5S.CH2O2/c1-18(2)26(23,24)19-5-10-6-20(12(7-19)9-25-8-10)14-13(16)3-11(4-17-14)15(21)22;2-1-3/h3-4,10,12H,5-9H2,1-2H3,(H,21,22);1H,(H,2,3)/t10-,12-;/m0./s1. The van der Waals surface area contributed by atoms with Crippen molar-refractivity contribution in [1.29, 1.82) is 0 Å². The van der Waals surface area contributed by atoms with E-state index < -0.39 is 16.2 Å². The van der Waals surface area contributed by atoms with Crippen LogP contribution in [0.4, 0.5) is 5.82 Å². The average molecular weight is 451 g/mol. The minimum Gasteiger partial charge on any atom is -0.483 e. The molecule has 2 atom stereocenters. The van der Waals surface area contributed by atoms with Gasteiger partial charge in [0.25, 0.3) is 16.7 Å². The number of hydrogen-bond donors (Lipinski definition) is 2. The van der Waals surface area contributed by atoms with Crippen LogP contribution in [0.25, 0.3) is 0 Å². The highest BCUT2D eigenvalue weighted by Crippen LogP contribution is 2.31. The van der Waals surface area contributed by atoms with E-state index in [9.17, 15) is 13.2 Å². The normalized spacial score (nSPS) is 22.4. The lowest BCUT2D eigenvalue weighted by Gasteiger charge is -2.32. The Balaban J connectivity index is 0.000000941. The maximum atomic E-state index is 12.6. The molecule has 2 aliphatic rings. The Hall–Kier alpha value is -1.99. The molecule has 1 aromatic rings. The Kier molecular flexibility index (Phi) is 7.77. The Labute approximate surface area is 173 Å². The first-order valence-electron chi connectivity index (χ1n) is 8.60. The summed E-state index contributed by atoms with van der Waals surface area (Å²) in [7, 11) is -0.531. The van der Waals surface area contributed by atoms with Crippen molar-refractivity contribution in [3.8, 4) is 0 Å². The highest BCUT2D eigenvalue weighted by molar-refractivity contribution is 7.86. The van der Waals surface area contributed by atoms with Crippen LogP contribution in [0.1, 0.15) is 10.4 Å². The molecule has 2 fully saturated rings. The van der Waals surface area contributed by atoms with Gasteiger partial charge in [-0.15, -0.1) is 0 Å². The van der Waals surface area contributed by atoms with Gasteiger partial charge in [0.05, 0.1) is 29.8 Å². The quantitative estimate of drug-likeness (QED) is 0.610. The van der Waals surface area contributed by atoms with E-state index in [1.807, 2.05) is 4.90 Å². The molecule has 29 heavy (non-hydrogen) atoms. The number of carboxylic acid groups (broad SMARTS) is 2. The molecule has 2 saturated heterocycles. The number of anilines is 1. The number of hydrogen-bond acceptors (Lipinski definition) is 7. The minimum atomic E-state index is -3.55. The smallest absolute Gasteiger partial charge is 0.337 e. The van der Waals surface area contributed by atoms with E-state index in [0.717, 1.165) is 0 Å². The molecule has 0 aromatic carbocycles. The number of aromatic carboxylic acids is 1. The fraction of sp³-hybridized carbons (Fsp3) is 0.562. The molecule has 2 aliphatic heterocycles. The third-order valence-corrected chi connectivity index (χ3v) is 6.72. The first kappa shape index (κ1) is 23.3. The van der Waals surface area contributed by atoms with Crippen molar-refractivity contribution in [2.75, 3.05) is 51.8 Å². The predicted octanol–water partition coefficient (Wildman–Crippen LogP) is 0.0774. The summed E-state index contributed by atoms with van der Waals surface area (Å²) in [5, 5.41) is 16.2. The number of carboxylic acids is 1. The Morgan fingerprint density at radius 1 is 1.34 bits per heavy atom. The van der Waals surface area contributed by atoms with E-state index in [4.69, 9.17) is 31.3 Å². The molecular weight excluding hydrogens is 428 g/mol. The number of carbonyl (C=O) groups is 2. The first-order valence-corrected chi connectivity index (χ1v) is 10.4. The summed E-state index contributed by atoms with van der Waals surface area (Å²) in [6, 6.07) is 1.09. The van der Waals surface area contributed by atoms with Crippen molar-refractivity contribution >= 4 is 40.1 Å². The van der Waals surface area contributed by atoms with Gasteiger partial charge in [0, 0.05) is 45.8 Å². The van der Waals surface area contributed by atoms with Crippen LogP contribution in [0.5, 0.6) is 0 Å². The van der Waals surface area contributed by atoms with Crippen molar-refractivity contribution < 1.29 is 33.0 Å². The van der Waals surface area contributed by atoms with Crippen LogP contribution in [0.3, 0.4) is 0 Å². The number of rotatable bonds is 4. The van der Waals surface area contributed by atoms with Crippen molar-refractivity contribution in [3.05, 3.63) is 22.8 Å². The number of halogens is 1. The SMILES string of the molecule is CN(C)S(=O)(=O)N1C[C@@H]2COC[C@H](C1)N(c1ncc(C(=O)O)cc1Cl)C2.O=CO. The van der Waals surface area contributed by atoms with Gasteiger partial charge in [-0.25, -0.2) is 9.78 Å². The lowest BCUT2D eigenvalue weighted by Crippen LogP contribution is -2.49. The fourth-order valence-electron chi connectivity index (χ4n) is 3.24. The van der Waals surface area contributed by atoms with Gasteiger partial charge in [-0.1, -0.05) is 11.6 Å². The largest absolute Gasteiger partial charge is 0.483 e. The summed E-state index contributed by atoms with van der Waals surface area (Å²) in [5.74, 6) is -0.706. The van der Waals surface area contributed by atoms with Crippen LogP contribution in [0.2, 0.25) is 5.02 Å². The second kappa shape index (κ2) is 9.67. The minimum absolute atomic E-state index is 0.00426. The van der Waals surface area contributed by atoms with Crippen LogP contribution < -0.4 is 4.90 Å². The van der Waals surface area contributed by atoms with Crippen molar-refractivity contribution in [3.63, 3.8) is 0 Å². The summed E-state index contributed by atoms with van der Waals surface area (Å²) in [6.45, 7) is 1.66. The highest BCUT2D eigenvalue weighted by atomic mass is 35.5. The highest BCUT2D eigenvalue weighted by Gasteiger charge is 2.39.